The largest absolute Gasteiger partial charge is 0.493 e. The van der Waals surface area contributed by atoms with Crippen LogP contribution in [0.15, 0.2) is 58.1 Å². The molecule has 0 bridgehead atoms. The Morgan fingerprint density at radius 2 is 1.80 bits per heavy atom. The summed E-state index contributed by atoms with van der Waals surface area (Å²) >= 11 is 0. The lowest BCUT2D eigenvalue weighted by Crippen LogP contribution is -2.41. The van der Waals surface area contributed by atoms with E-state index in [1.807, 2.05) is 49.4 Å². The molecule has 3 N–H and O–H groups in total. The number of nitrogens with zero attached hydrogens (tertiary/aromatic N) is 2. The van der Waals surface area contributed by atoms with Crippen LogP contribution in [0.2, 0.25) is 0 Å². The predicted octanol–water partition coefficient (Wildman–Crippen LogP) is 3.10. The second-order valence-electron chi connectivity index (χ2n) is 8.12. The fourth-order valence-electron chi connectivity index (χ4n) is 3.96. The fourth-order valence-corrected chi connectivity index (χ4v) is 3.96. The molecular weight excluding hydrogens is 448 g/mol. The van der Waals surface area contributed by atoms with E-state index >= 15 is 0 Å². The molecule has 3 rings (SSSR count). The number of nitrogens with two attached hydrogens (primary N) is 1. The molecule has 0 unspecified atom stereocenters. The summed E-state index contributed by atoms with van der Waals surface area (Å²) < 4.78 is 12.2. The molecule has 2 aromatic carbocycles. The lowest BCUT2D eigenvalue weighted by molar-refractivity contribution is -0.118. The van der Waals surface area contributed by atoms with Gasteiger partial charge in [0.15, 0.2) is 17.2 Å². The Hall–Kier alpha value is -4.01. The molecule has 1 heterocycles. The van der Waals surface area contributed by atoms with Crippen molar-refractivity contribution in [1.82, 2.24) is 9.55 Å². The van der Waals surface area contributed by atoms with E-state index < -0.39 is 11.2 Å². The van der Waals surface area contributed by atoms with Crippen LogP contribution in [0.25, 0.3) is 0 Å². The molecule has 9 nitrogen and oxygen atoms in total. The summed E-state index contributed by atoms with van der Waals surface area (Å²) in [6.07, 6.45) is 1.99. The minimum absolute atomic E-state index is 0.0181. The standard InChI is InChI=1S/C26H32N4O5/c1-4-5-16-29-24(27)22(25(32)28-26(29)33)30(17-18-10-7-6-8-11-18)21(31)15-14-19-12-9-13-20(34-2)23(19)35-3/h6-13H,4-5,14-17,27H2,1-3H3,(H,28,32,33). The molecule has 1 amide bonds. The predicted molar refractivity (Wildman–Crippen MR) is 136 cm³/mol. The fraction of sp³-hybridized carbons (Fsp3) is 0.346. The highest BCUT2D eigenvalue weighted by Gasteiger charge is 2.25. The number of unbranched alkanes of at least 4 members (excludes halogenated alkanes) is 1. The topological polar surface area (TPSA) is 120 Å². The van der Waals surface area contributed by atoms with Crippen LogP contribution < -0.4 is 31.4 Å². The zero-order valence-corrected chi connectivity index (χ0v) is 20.4. The van der Waals surface area contributed by atoms with Crippen LogP contribution >= 0.6 is 0 Å². The van der Waals surface area contributed by atoms with E-state index in [9.17, 15) is 14.4 Å². The molecule has 0 aliphatic heterocycles. The van der Waals surface area contributed by atoms with Crippen molar-refractivity contribution >= 4 is 17.4 Å². The number of rotatable bonds is 11. The SMILES string of the molecule is CCCCn1c(N)c(N(Cc2ccccc2)C(=O)CCc2cccc(OC)c2OC)c(=O)[nH]c1=O. The number of nitrogens with one attached hydrogen (secondary N) is 1. The third kappa shape index (κ3) is 5.92. The quantitative estimate of drug-likeness (QED) is 0.435. The van der Waals surface area contributed by atoms with Crippen molar-refractivity contribution in [2.45, 2.75) is 45.7 Å². The first-order valence-electron chi connectivity index (χ1n) is 11.6. The number of aryl methyl sites for hydroxylation is 1. The Kier molecular flexibility index (Phi) is 8.72. The van der Waals surface area contributed by atoms with Gasteiger partial charge in [0.25, 0.3) is 5.56 Å². The molecule has 0 radical (unpaired) electrons. The molecular formula is C26H32N4O5. The molecule has 0 aliphatic rings. The van der Waals surface area contributed by atoms with E-state index in [2.05, 4.69) is 4.98 Å². The monoisotopic (exact) mass is 480 g/mol. The Morgan fingerprint density at radius 3 is 2.46 bits per heavy atom. The van der Waals surface area contributed by atoms with E-state index in [0.29, 0.717) is 30.9 Å². The summed E-state index contributed by atoms with van der Waals surface area (Å²) in [5.74, 6) is 0.803. The number of carbonyl (C=O) groups excluding carboxylic acids is 1. The Bertz CT molecular complexity index is 1270. The Balaban J connectivity index is 1.99. The number of carbonyl (C=O) groups is 1. The number of para-hydroxylation sites is 1. The van der Waals surface area contributed by atoms with Gasteiger partial charge in [-0.15, -0.1) is 0 Å². The second-order valence-corrected chi connectivity index (χ2v) is 8.12. The molecule has 1 aromatic heterocycles. The zero-order valence-electron chi connectivity index (χ0n) is 20.4. The van der Waals surface area contributed by atoms with Crippen LogP contribution in [0.5, 0.6) is 11.5 Å². The summed E-state index contributed by atoms with van der Waals surface area (Å²) in [5.41, 5.74) is 6.65. The van der Waals surface area contributed by atoms with Crippen LogP contribution in [0.1, 0.15) is 37.3 Å². The number of hydrogen-bond acceptors (Lipinski definition) is 6. The number of nitrogen functional groups attached to an aromatic ring is 1. The molecule has 35 heavy (non-hydrogen) atoms. The summed E-state index contributed by atoms with van der Waals surface area (Å²) in [6.45, 7) is 2.47. The van der Waals surface area contributed by atoms with Crippen molar-refractivity contribution in [2.24, 2.45) is 0 Å². The molecule has 0 aliphatic carbocycles. The lowest BCUT2D eigenvalue weighted by Gasteiger charge is -2.25. The van der Waals surface area contributed by atoms with Gasteiger partial charge in [-0.3, -0.25) is 19.1 Å². The average molecular weight is 481 g/mol. The molecule has 186 valence electrons. The van der Waals surface area contributed by atoms with E-state index in [1.54, 1.807) is 20.3 Å². The number of ether oxygens (including phenoxy) is 2. The van der Waals surface area contributed by atoms with Gasteiger partial charge in [-0.2, -0.15) is 0 Å². The van der Waals surface area contributed by atoms with E-state index in [-0.39, 0.29) is 30.4 Å². The van der Waals surface area contributed by atoms with Gasteiger partial charge in [-0.05, 0) is 30.0 Å². The van der Waals surface area contributed by atoms with Crippen molar-refractivity contribution in [3.8, 4) is 11.5 Å². The molecule has 0 spiro atoms. The van der Waals surface area contributed by atoms with Crippen molar-refractivity contribution in [3.63, 3.8) is 0 Å². The molecule has 0 fully saturated rings. The number of aromatic amines is 1. The first-order chi connectivity index (χ1) is 16.9. The summed E-state index contributed by atoms with van der Waals surface area (Å²) in [7, 11) is 3.10. The minimum atomic E-state index is -0.691. The van der Waals surface area contributed by atoms with E-state index in [4.69, 9.17) is 15.2 Å². The van der Waals surface area contributed by atoms with Crippen LogP contribution in [-0.2, 0) is 24.3 Å². The van der Waals surface area contributed by atoms with Gasteiger partial charge < -0.3 is 20.1 Å². The van der Waals surface area contributed by atoms with Crippen molar-refractivity contribution in [2.75, 3.05) is 24.9 Å². The number of aromatic nitrogens is 2. The number of hydrogen-bond donors (Lipinski definition) is 2. The van der Waals surface area contributed by atoms with Gasteiger partial charge in [0.2, 0.25) is 5.91 Å². The first-order valence-corrected chi connectivity index (χ1v) is 11.6. The van der Waals surface area contributed by atoms with Crippen LogP contribution in [0, 0.1) is 0 Å². The maximum atomic E-state index is 13.5. The third-order valence-corrected chi connectivity index (χ3v) is 5.80. The molecule has 0 saturated carbocycles. The lowest BCUT2D eigenvalue weighted by atomic mass is 10.1. The molecule has 0 atom stereocenters. The van der Waals surface area contributed by atoms with Crippen LogP contribution in [0.4, 0.5) is 11.5 Å². The zero-order chi connectivity index (χ0) is 25.4. The van der Waals surface area contributed by atoms with Crippen LogP contribution in [0.3, 0.4) is 0 Å². The number of benzene rings is 2. The van der Waals surface area contributed by atoms with Gasteiger partial charge >= 0.3 is 5.69 Å². The van der Waals surface area contributed by atoms with E-state index in [1.165, 1.54) is 9.47 Å². The highest BCUT2D eigenvalue weighted by Crippen LogP contribution is 2.32. The highest BCUT2D eigenvalue weighted by atomic mass is 16.5. The normalized spacial score (nSPS) is 10.7. The maximum absolute atomic E-state index is 13.5. The highest BCUT2D eigenvalue weighted by molar-refractivity contribution is 5.95. The smallest absolute Gasteiger partial charge is 0.330 e. The van der Waals surface area contributed by atoms with Gasteiger partial charge in [-0.1, -0.05) is 55.8 Å². The Morgan fingerprint density at radius 1 is 1.06 bits per heavy atom. The third-order valence-electron chi connectivity index (χ3n) is 5.80. The van der Waals surface area contributed by atoms with Gasteiger partial charge in [0.05, 0.1) is 20.8 Å². The van der Waals surface area contributed by atoms with Gasteiger partial charge in [0, 0.05) is 13.0 Å². The van der Waals surface area contributed by atoms with Crippen LogP contribution in [-0.4, -0.2) is 29.7 Å². The average Bonchev–Trinajstić information content (AvgIpc) is 2.86. The second kappa shape index (κ2) is 11.9. The van der Waals surface area contributed by atoms with Gasteiger partial charge in [-0.25, -0.2) is 4.79 Å². The number of anilines is 2. The van der Waals surface area contributed by atoms with Crippen molar-refractivity contribution in [3.05, 3.63) is 80.5 Å². The summed E-state index contributed by atoms with van der Waals surface area (Å²) in [6, 6.07) is 14.8. The van der Waals surface area contributed by atoms with Crippen molar-refractivity contribution < 1.29 is 14.3 Å². The first kappa shape index (κ1) is 25.6. The number of amides is 1. The molecule has 9 heteroatoms. The summed E-state index contributed by atoms with van der Waals surface area (Å²) in [4.78, 5) is 42.5. The Labute approximate surface area is 204 Å². The van der Waals surface area contributed by atoms with Gasteiger partial charge in [0.1, 0.15) is 5.82 Å². The molecule has 3 aromatic rings. The number of H-pyrrole nitrogens is 1. The van der Waals surface area contributed by atoms with E-state index in [0.717, 1.165) is 17.5 Å². The minimum Gasteiger partial charge on any atom is -0.493 e. The maximum Gasteiger partial charge on any atom is 0.330 e. The number of methoxy groups -OCH3 is 2. The summed E-state index contributed by atoms with van der Waals surface area (Å²) in [5, 5.41) is 0. The molecule has 0 saturated heterocycles. The van der Waals surface area contributed by atoms with Crippen molar-refractivity contribution in [1.29, 1.82) is 0 Å².